The third-order valence-electron chi connectivity index (χ3n) is 5.19. The molecule has 0 unspecified atom stereocenters. The van der Waals surface area contributed by atoms with Crippen molar-refractivity contribution in [2.45, 2.75) is 32.7 Å². The summed E-state index contributed by atoms with van der Waals surface area (Å²) in [6.45, 7) is 13.2. The molecule has 0 saturated carbocycles. The average molecular weight is 345 g/mol. The molecule has 0 amide bonds. The standard InChI is InChI=1S/C17H28Si4/c1-18-19(20(2,3)16-12-8-6-9-13-16)21(4,5)17-14-10-7-11-15-17/h6-15,19H,18H2,1-5H3. The lowest BCUT2D eigenvalue weighted by Gasteiger charge is -2.41. The predicted molar refractivity (Wildman–Crippen MR) is 109 cm³/mol. The Morgan fingerprint density at radius 3 is 1.29 bits per heavy atom. The quantitative estimate of drug-likeness (QED) is 0.730. The highest BCUT2D eigenvalue weighted by Crippen LogP contribution is 2.18. The normalized spacial score (nSPS) is 13.2. The van der Waals surface area contributed by atoms with Crippen molar-refractivity contribution in [2.75, 3.05) is 0 Å². The fraction of sp³-hybridized carbons (Fsp3) is 0.294. The third-order valence-corrected chi connectivity index (χ3v) is 66.7. The zero-order valence-electron chi connectivity index (χ0n) is 14.1. The van der Waals surface area contributed by atoms with Gasteiger partial charge in [-0.15, -0.1) is 0 Å². The molecule has 0 nitrogen and oxygen atoms in total. The first-order valence-corrected chi connectivity index (χ1v) is 22.3. The van der Waals surface area contributed by atoms with Gasteiger partial charge in [-0.25, -0.2) is 0 Å². The number of benzene rings is 2. The number of hydrogen-bond donors (Lipinski definition) is 0. The van der Waals surface area contributed by atoms with E-state index in [4.69, 9.17) is 0 Å². The van der Waals surface area contributed by atoms with Gasteiger partial charge in [0.1, 0.15) is 0 Å². The van der Waals surface area contributed by atoms with Gasteiger partial charge in [0, 0.05) is 16.4 Å². The second-order valence-corrected chi connectivity index (χ2v) is 41.5. The van der Waals surface area contributed by atoms with E-state index in [2.05, 4.69) is 93.4 Å². The Labute approximate surface area is 135 Å². The van der Waals surface area contributed by atoms with E-state index in [0.29, 0.717) is 0 Å². The molecular weight excluding hydrogens is 317 g/mol. The van der Waals surface area contributed by atoms with Crippen LogP contribution < -0.4 is 10.4 Å². The Morgan fingerprint density at radius 2 is 1.00 bits per heavy atom. The van der Waals surface area contributed by atoms with Gasteiger partial charge in [0.05, 0.1) is 15.2 Å². The lowest BCUT2D eigenvalue weighted by Crippen LogP contribution is -2.73. The van der Waals surface area contributed by atoms with Crippen LogP contribution in [0.25, 0.3) is 0 Å². The molecule has 2 aromatic carbocycles. The van der Waals surface area contributed by atoms with Crippen molar-refractivity contribution in [2.24, 2.45) is 0 Å². The molecule has 0 radical (unpaired) electrons. The van der Waals surface area contributed by atoms with Crippen LogP contribution in [0.3, 0.4) is 0 Å². The summed E-state index contributed by atoms with van der Waals surface area (Å²) in [7, 11) is -3.10. The van der Waals surface area contributed by atoms with Crippen LogP contribution in [0.15, 0.2) is 60.7 Å². The minimum absolute atomic E-state index is 0.0944. The zero-order valence-corrected chi connectivity index (χ0v) is 18.6. The van der Waals surface area contributed by atoms with Crippen molar-refractivity contribution in [1.29, 1.82) is 0 Å². The van der Waals surface area contributed by atoms with Crippen LogP contribution >= 0.6 is 0 Å². The van der Waals surface area contributed by atoms with Crippen LogP contribution in [0, 0.1) is 0 Å². The summed E-state index contributed by atoms with van der Waals surface area (Å²) < 4.78 is 0. The molecule has 0 bridgehead atoms. The molecule has 21 heavy (non-hydrogen) atoms. The van der Waals surface area contributed by atoms with E-state index in [9.17, 15) is 0 Å². The van der Waals surface area contributed by atoms with Gasteiger partial charge >= 0.3 is 0 Å². The van der Waals surface area contributed by atoms with Crippen molar-refractivity contribution in [3.05, 3.63) is 60.7 Å². The lowest BCUT2D eigenvalue weighted by molar-refractivity contribution is 1.72. The molecule has 0 heterocycles. The second-order valence-electron chi connectivity index (χ2n) is 7.14. The van der Waals surface area contributed by atoms with Crippen LogP contribution in [0.5, 0.6) is 0 Å². The van der Waals surface area contributed by atoms with E-state index in [0.717, 1.165) is 0 Å². The predicted octanol–water partition coefficient (Wildman–Crippen LogP) is 2.32. The van der Waals surface area contributed by atoms with Crippen molar-refractivity contribution in [3.63, 3.8) is 0 Å². The maximum atomic E-state index is 2.66. The molecule has 0 atom stereocenters. The van der Waals surface area contributed by atoms with Gasteiger partial charge in [-0.2, -0.15) is 0 Å². The molecule has 0 aliphatic carbocycles. The molecular formula is C17H28Si4. The highest BCUT2D eigenvalue weighted by atomic mass is 29.9. The van der Waals surface area contributed by atoms with Crippen molar-refractivity contribution >= 4 is 41.9 Å². The topological polar surface area (TPSA) is 0 Å². The second kappa shape index (κ2) is 6.60. The molecule has 2 rings (SSSR count). The van der Waals surface area contributed by atoms with E-state index in [1.165, 1.54) is 0 Å². The third kappa shape index (κ3) is 3.39. The van der Waals surface area contributed by atoms with Gasteiger partial charge in [0.15, 0.2) is 0 Å². The summed E-state index contributed by atoms with van der Waals surface area (Å²) in [4.78, 5) is 0. The van der Waals surface area contributed by atoms with Crippen molar-refractivity contribution in [3.8, 4) is 0 Å². The molecule has 112 valence electrons. The summed E-state index contributed by atoms with van der Waals surface area (Å²) in [5.74, 6) is 0. The van der Waals surface area contributed by atoms with Crippen LogP contribution in [0.1, 0.15) is 0 Å². The number of hydrogen-bond acceptors (Lipinski definition) is 0. The summed E-state index contributed by atoms with van der Waals surface area (Å²) in [6.07, 6.45) is 0. The smallest absolute Gasteiger partial charge is 0.0656 e. The molecule has 0 N–H and O–H groups in total. The van der Waals surface area contributed by atoms with E-state index < -0.39 is 22.5 Å². The van der Waals surface area contributed by atoms with E-state index in [1.807, 2.05) is 0 Å². The molecule has 0 aliphatic rings. The summed E-state index contributed by atoms with van der Waals surface area (Å²) >= 11 is 0. The molecule has 0 saturated heterocycles. The summed E-state index contributed by atoms with van der Waals surface area (Å²) in [6, 6.07) is 22.9. The maximum absolute atomic E-state index is 2.66. The summed E-state index contributed by atoms with van der Waals surface area (Å²) in [5, 5.41) is 3.40. The van der Waals surface area contributed by atoms with Gasteiger partial charge in [-0.05, 0) is 0 Å². The molecule has 0 aliphatic heterocycles. The highest BCUT2D eigenvalue weighted by molar-refractivity contribution is 7.79. The largest absolute Gasteiger partial charge is 0.0772 e. The summed E-state index contributed by atoms with van der Waals surface area (Å²) in [5.41, 5.74) is 0. The van der Waals surface area contributed by atoms with Gasteiger partial charge in [0.2, 0.25) is 0 Å². The Morgan fingerprint density at radius 1 is 0.667 bits per heavy atom. The molecule has 0 aromatic heterocycles. The van der Waals surface area contributed by atoms with Crippen LogP contribution in [-0.4, -0.2) is 31.6 Å². The Kier molecular flexibility index (Phi) is 5.24. The zero-order chi connectivity index (χ0) is 15.5. The van der Waals surface area contributed by atoms with Gasteiger partial charge in [0.25, 0.3) is 0 Å². The first-order valence-electron chi connectivity index (χ1n) is 8.01. The molecule has 0 spiro atoms. The first-order chi connectivity index (χ1) is 9.90. The molecule has 4 heteroatoms. The molecule has 2 aromatic rings. The maximum Gasteiger partial charge on any atom is 0.0656 e. The molecule has 0 fully saturated rings. The van der Waals surface area contributed by atoms with E-state index in [1.54, 1.807) is 10.4 Å². The number of rotatable bonds is 5. The highest BCUT2D eigenvalue weighted by Gasteiger charge is 2.45. The minimum Gasteiger partial charge on any atom is -0.0772 e. The average Bonchev–Trinajstić information content (AvgIpc) is 2.49. The Balaban J connectivity index is 2.43. The van der Waals surface area contributed by atoms with Crippen molar-refractivity contribution < 1.29 is 0 Å². The fourth-order valence-electron chi connectivity index (χ4n) is 4.06. The lowest BCUT2D eigenvalue weighted by atomic mass is 10.4. The Hall–Kier alpha value is -0.692. The van der Waals surface area contributed by atoms with E-state index >= 15 is 0 Å². The SMILES string of the molecule is C[SiH2][SiH]([Si](C)(C)c1ccccc1)[Si](C)(C)c1ccccc1. The first kappa shape index (κ1) is 16.7. The van der Waals surface area contributed by atoms with Crippen LogP contribution in [-0.2, 0) is 0 Å². The Bertz CT molecular complexity index is 512. The van der Waals surface area contributed by atoms with Gasteiger partial charge in [-0.3, -0.25) is 0 Å². The minimum atomic E-state index is -1.26. The van der Waals surface area contributed by atoms with Gasteiger partial charge in [-0.1, -0.05) is 104 Å². The van der Waals surface area contributed by atoms with Crippen molar-refractivity contribution in [1.82, 2.24) is 0 Å². The monoisotopic (exact) mass is 344 g/mol. The fourth-order valence-corrected chi connectivity index (χ4v) is 67.8. The van der Waals surface area contributed by atoms with Crippen LogP contribution in [0.2, 0.25) is 32.7 Å². The van der Waals surface area contributed by atoms with Crippen LogP contribution in [0.4, 0.5) is 0 Å². The van der Waals surface area contributed by atoms with E-state index in [-0.39, 0.29) is 9.04 Å². The van der Waals surface area contributed by atoms with Gasteiger partial charge < -0.3 is 0 Å².